The fourth-order valence-corrected chi connectivity index (χ4v) is 4.56. The summed E-state index contributed by atoms with van der Waals surface area (Å²) in [6.45, 7) is 2.73. The van der Waals surface area contributed by atoms with Gasteiger partial charge >= 0.3 is 0 Å². The number of para-hydroxylation sites is 1. The quantitative estimate of drug-likeness (QED) is 0.848. The second kappa shape index (κ2) is 5.42. The molecular formula is C15H20N2O3S. The van der Waals surface area contributed by atoms with Crippen LogP contribution in [0.1, 0.15) is 25.3 Å². The van der Waals surface area contributed by atoms with Crippen molar-refractivity contribution in [2.45, 2.75) is 32.2 Å². The Morgan fingerprint density at radius 3 is 2.81 bits per heavy atom. The zero-order chi connectivity index (χ0) is 15.0. The lowest BCUT2D eigenvalue weighted by atomic mass is 10.1. The smallest absolute Gasteiger partial charge is 0.245 e. The Balaban J connectivity index is 1.86. The molecule has 1 saturated heterocycles. The van der Waals surface area contributed by atoms with Gasteiger partial charge in [-0.2, -0.15) is 4.31 Å². The Morgan fingerprint density at radius 2 is 2.05 bits per heavy atom. The van der Waals surface area contributed by atoms with Crippen LogP contribution < -0.4 is 4.90 Å². The van der Waals surface area contributed by atoms with E-state index in [0.717, 1.165) is 24.1 Å². The van der Waals surface area contributed by atoms with Gasteiger partial charge in [-0.1, -0.05) is 18.2 Å². The lowest BCUT2D eigenvalue weighted by Crippen LogP contribution is -2.47. The van der Waals surface area contributed by atoms with E-state index in [1.54, 1.807) is 11.8 Å². The van der Waals surface area contributed by atoms with Gasteiger partial charge in [0.1, 0.15) is 6.04 Å². The molecule has 2 heterocycles. The van der Waals surface area contributed by atoms with Gasteiger partial charge < -0.3 is 4.90 Å². The van der Waals surface area contributed by atoms with E-state index < -0.39 is 16.1 Å². The van der Waals surface area contributed by atoms with Crippen molar-refractivity contribution in [1.29, 1.82) is 0 Å². The van der Waals surface area contributed by atoms with Crippen molar-refractivity contribution in [3.8, 4) is 0 Å². The minimum absolute atomic E-state index is 0.0490. The summed E-state index contributed by atoms with van der Waals surface area (Å²) in [6, 6.07) is 7.32. The fourth-order valence-electron chi connectivity index (χ4n) is 3.23. The van der Waals surface area contributed by atoms with Gasteiger partial charge in [0.2, 0.25) is 15.9 Å². The van der Waals surface area contributed by atoms with E-state index in [1.807, 2.05) is 24.3 Å². The lowest BCUT2D eigenvalue weighted by molar-refractivity contribution is -0.121. The molecule has 0 unspecified atom stereocenters. The number of nitrogens with zero attached hydrogens (tertiary/aromatic N) is 2. The first kappa shape index (κ1) is 14.5. The Bertz CT molecular complexity index is 657. The summed E-state index contributed by atoms with van der Waals surface area (Å²) in [7, 11) is -3.31. The molecule has 6 heteroatoms. The maximum absolute atomic E-state index is 12.8. The molecule has 0 saturated carbocycles. The maximum Gasteiger partial charge on any atom is 0.245 e. The average Bonchev–Trinajstić information content (AvgIpc) is 3.13. The molecule has 1 fully saturated rings. The van der Waals surface area contributed by atoms with Crippen LogP contribution in [0, 0.1) is 0 Å². The fraction of sp³-hybridized carbons (Fsp3) is 0.533. The molecule has 21 heavy (non-hydrogen) atoms. The molecule has 2 aliphatic rings. The highest BCUT2D eigenvalue weighted by Crippen LogP contribution is 2.31. The van der Waals surface area contributed by atoms with Crippen molar-refractivity contribution in [2.24, 2.45) is 0 Å². The third-order valence-electron chi connectivity index (χ3n) is 4.36. The van der Waals surface area contributed by atoms with Crippen LogP contribution in [0.4, 0.5) is 5.69 Å². The number of carbonyl (C=O) groups is 1. The molecule has 2 aliphatic heterocycles. The Labute approximate surface area is 125 Å². The summed E-state index contributed by atoms with van der Waals surface area (Å²) >= 11 is 0. The first-order valence-electron chi connectivity index (χ1n) is 7.43. The van der Waals surface area contributed by atoms with Crippen LogP contribution in [0.15, 0.2) is 24.3 Å². The molecular weight excluding hydrogens is 288 g/mol. The number of hydrogen-bond acceptors (Lipinski definition) is 3. The van der Waals surface area contributed by atoms with Crippen LogP contribution in [-0.4, -0.2) is 43.5 Å². The van der Waals surface area contributed by atoms with E-state index >= 15 is 0 Å². The SMILES string of the molecule is CCS(=O)(=O)N1CCC[C@H]1C(=O)N1CCc2ccccc21. The Kier molecular flexibility index (Phi) is 3.75. The van der Waals surface area contributed by atoms with Crippen molar-refractivity contribution in [2.75, 3.05) is 23.7 Å². The van der Waals surface area contributed by atoms with Crippen molar-refractivity contribution >= 4 is 21.6 Å². The van der Waals surface area contributed by atoms with Crippen LogP contribution in [0.5, 0.6) is 0 Å². The largest absolute Gasteiger partial charge is 0.310 e. The number of fused-ring (bicyclic) bond motifs is 1. The normalized spacial score (nSPS) is 22.5. The van der Waals surface area contributed by atoms with Gasteiger partial charge in [0, 0.05) is 18.8 Å². The Morgan fingerprint density at radius 1 is 1.29 bits per heavy atom. The van der Waals surface area contributed by atoms with E-state index in [2.05, 4.69) is 0 Å². The van der Waals surface area contributed by atoms with Crippen LogP contribution in [0.2, 0.25) is 0 Å². The van der Waals surface area contributed by atoms with Gasteiger partial charge in [-0.05, 0) is 37.8 Å². The average molecular weight is 308 g/mol. The van der Waals surface area contributed by atoms with Gasteiger partial charge in [-0.25, -0.2) is 8.42 Å². The first-order valence-corrected chi connectivity index (χ1v) is 9.04. The molecule has 1 atom stereocenters. The highest BCUT2D eigenvalue weighted by atomic mass is 32.2. The third-order valence-corrected chi connectivity index (χ3v) is 6.25. The molecule has 0 N–H and O–H groups in total. The predicted molar refractivity (Wildman–Crippen MR) is 81.7 cm³/mol. The minimum atomic E-state index is -3.31. The molecule has 1 aromatic carbocycles. The number of rotatable bonds is 3. The molecule has 1 amide bonds. The number of anilines is 1. The zero-order valence-corrected chi connectivity index (χ0v) is 13.0. The molecule has 0 bridgehead atoms. The first-order chi connectivity index (χ1) is 10.0. The summed E-state index contributed by atoms with van der Waals surface area (Å²) in [6.07, 6.45) is 2.22. The number of benzene rings is 1. The summed E-state index contributed by atoms with van der Waals surface area (Å²) < 4.78 is 25.7. The van der Waals surface area contributed by atoms with E-state index in [0.29, 0.717) is 19.5 Å². The number of sulfonamides is 1. The van der Waals surface area contributed by atoms with Crippen LogP contribution in [0.3, 0.4) is 0 Å². The zero-order valence-electron chi connectivity index (χ0n) is 12.2. The summed E-state index contributed by atoms with van der Waals surface area (Å²) in [4.78, 5) is 14.6. The van der Waals surface area contributed by atoms with Gasteiger partial charge in [0.25, 0.3) is 0 Å². The van der Waals surface area contributed by atoms with Gasteiger partial charge in [0.05, 0.1) is 5.75 Å². The van der Waals surface area contributed by atoms with Gasteiger partial charge in [0.15, 0.2) is 0 Å². The van der Waals surface area contributed by atoms with E-state index in [-0.39, 0.29) is 11.7 Å². The van der Waals surface area contributed by atoms with E-state index in [4.69, 9.17) is 0 Å². The van der Waals surface area contributed by atoms with Crippen molar-refractivity contribution in [3.05, 3.63) is 29.8 Å². The highest BCUT2D eigenvalue weighted by molar-refractivity contribution is 7.89. The summed E-state index contributed by atoms with van der Waals surface area (Å²) in [5.41, 5.74) is 2.09. The van der Waals surface area contributed by atoms with Crippen LogP contribution in [0.25, 0.3) is 0 Å². The molecule has 0 spiro atoms. The monoisotopic (exact) mass is 308 g/mol. The van der Waals surface area contributed by atoms with Crippen molar-refractivity contribution < 1.29 is 13.2 Å². The molecule has 0 radical (unpaired) electrons. The molecule has 0 aromatic heterocycles. The number of amides is 1. The second-order valence-corrected chi connectivity index (χ2v) is 7.75. The topological polar surface area (TPSA) is 57.7 Å². The third kappa shape index (κ3) is 2.46. The van der Waals surface area contributed by atoms with Crippen molar-refractivity contribution in [1.82, 2.24) is 4.31 Å². The highest BCUT2D eigenvalue weighted by Gasteiger charge is 2.41. The van der Waals surface area contributed by atoms with E-state index in [1.165, 1.54) is 4.31 Å². The lowest BCUT2D eigenvalue weighted by Gasteiger charge is -2.27. The predicted octanol–water partition coefficient (Wildman–Crippen LogP) is 1.39. The maximum atomic E-state index is 12.8. The van der Waals surface area contributed by atoms with Gasteiger partial charge in [-0.3, -0.25) is 4.79 Å². The van der Waals surface area contributed by atoms with Crippen molar-refractivity contribution in [3.63, 3.8) is 0 Å². The molecule has 114 valence electrons. The number of hydrogen-bond donors (Lipinski definition) is 0. The standard InChI is InChI=1S/C15H20N2O3S/c1-2-21(19,20)17-10-5-8-14(17)15(18)16-11-9-12-6-3-4-7-13(12)16/h3-4,6-7,14H,2,5,8-11H2,1H3/t14-/m0/s1. The van der Waals surface area contributed by atoms with Crippen LogP contribution in [-0.2, 0) is 21.2 Å². The van der Waals surface area contributed by atoms with Crippen LogP contribution >= 0.6 is 0 Å². The molecule has 0 aliphatic carbocycles. The minimum Gasteiger partial charge on any atom is -0.310 e. The second-order valence-electron chi connectivity index (χ2n) is 5.54. The summed E-state index contributed by atoms with van der Waals surface area (Å²) in [5, 5.41) is 0. The number of carbonyl (C=O) groups excluding carboxylic acids is 1. The molecule has 5 nitrogen and oxygen atoms in total. The Hall–Kier alpha value is -1.40. The van der Waals surface area contributed by atoms with Gasteiger partial charge in [-0.15, -0.1) is 0 Å². The molecule has 1 aromatic rings. The molecule has 3 rings (SSSR count). The van der Waals surface area contributed by atoms with E-state index in [9.17, 15) is 13.2 Å². The summed E-state index contributed by atoms with van der Waals surface area (Å²) in [5.74, 6) is -0.0256.